The molecular weight excluding hydrogens is 478 g/mol. The van der Waals surface area contributed by atoms with Gasteiger partial charge in [0.15, 0.2) is 0 Å². The Labute approximate surface area is 216 Å². The Hall–Kier alpha value is -0.930. The molecule has 0 aromatic carbocycles. The number of esters is 1. The molecular formula is C24H49NO11. The Morgan fingerprint density at radius 2 is 0.750 bits per heavy atom. The highest BCUT2D eigenvalue weighted by atomic mass is 16.6. The molecule has 216 valence electrons. The second-order valence-corrected chi connectivity index (χ2v) is 7.17. The number of hydrogen-bond acceptors (Lipinski definition) is 12. The standard InChI is InChI=1S/C24H49NO11/c1-3-36-24(26)4-6-27-8-10-29-12-14-31-16-18-33-20-22-35-23-21-34-19-17-32-15-13-30-11-9-28-7-5-25-2/h25H,3-23H2,1-2H3. The van der Waals surface area contributed by atoms with Crippen LogP contribution < -0.4 is 5.32 Å². The van der Waals surface area contributed by atoms with Crippen molar-refractivity contribution >= 4 is 5.97 Å². The maximum Gasteiger partial charge on any atom is 0.308 e. The van der Waals surface area contributed by atoms with Gasteiger partial charge in [-0.25, -0.2) is 0 Å². The minimum atomic E-state index is -0.247. The van der Waals surface area contributed by atoms with Crippen LogP contribution in [0.4, 0.5) is 0 Å². The van der Waals surface area contributed by atoms with Gasteiger partial charge in [0.05, 0.1) is 132 Å². The number of hydrogen-bond donors (Lipinski definition) is 1. The Kier molecular flexibility index (Phi) is 31.3. The lowest BCUT2D eigenvalue weighted by atomic mass is 10.5. The molecule has 0 bridgehead atoms. The summed E-state index contributed by atoms with van der Waals surface area (Å²) in [7, 11) is 1.89. The van der Waals surface area contributed by atoms with Crippen LogP contribution in [0.1, 0.15) is 13.3 Å². The fourth-order valence-corrected chi connectivity index (χ4v) is 2.42. The summed E-state index contributed by atoms with van der Waals surface area (Å²) in [6, 6.07) is 0. The molecule has 0 aromatic rings. The normalized spacial score (nSPS) is 11.3. The summed E-state index contributed by atoms with van der Waals surface area (Å²) in [5.41, 5.74) is 0. The van der Waals surface area contributed by atoms with E-state index in [0.717, 1.165) is 6.54 Å². The summed E-state index contributed by atoms with van der Waals surface area (Å²) in [5, 5.41) is 3.01. The molecule has 0 unspecified atom stereocenters. The molecule has 0 aliphatic heterocycles. The summed E-state index contributed by atoms with van der Waals surface area (Å²) < 4.78 is 53.4. The lowest BCUT2D eigenvalue weighted by molar-refractivity contribution is -0.144. The lowest BCUT2D eigenvalue weighted by Crippen LogP contribution is -2.17. The molecule has 0 fully saturated rings. The maximum atomic E-state index is 11.1. The van der Waals surface area contributed by atoms with Crippen molar-refractivity contribution in [3.05, 3.63) is 0 Å². The summed E-state index contributed by atoms with van der Waals surface area (Å²) in [6.07, 6.45) is 0.261. The van der Waals surface area contributed by atoms with Crippen molar-refractivity contribution in [1.82, 2.24) is 5.32 Å². The van der Waals surface area contributed by atoms with Crippen molar-refractivity contribution in [2.24, 2.45) is 0 Å². The van der Waals surface area contributed by atoms with E-state index in [-0.39, 0.29) is 12.4 Å². The Balaban J connectivity index is 3.04. The van der Waals surface area contributed by atoms with Crippen LogP contribution in [0.15, 0.2) is 0 Å². The first kappa shape index (κ1) is 35.1. The van der Waals surface area contributed by atoms with Crippen LogP contribution in [0.5, 0.6) is 0 Å². The van der Waals surface area contributed by atoms with Crippen molar-refractivity contribution in [3.8, 4) is 0 Å². The average molecular weight is 528 g/mol. The maximum absolute atomic E-state index is 11.1. The van der Waals surface area contributed by atoms with Gasteiger partial charge in [-0.2, -0.15) is 0 Å². The van der Waals surface area contributed by atoms with Gasteiger partial charge in [0.2, 0.25) is 0 Å². The molecule has 0 radical (unpaired) electrons. The van der Waals surface area contributed by atoms with E-state index in [2.05, 4.69) is 5.32 Å². The quantitative estimate of drug-likeness (QED) is 0.0986. The molecule has 0 saturated heterocycles. The van der Waals surface area contributed by atoms with Gasteiger partial charge in [0.25, 0.3) is 0 Å². The van der Waals surface area contributed by atoms with Gasteiger partial charge in [-0.05, 0) is 14.0 Å². The van der Waals surface area contributed by atoms with Gasteiger partial charge in [-0.1, -0.05) is 0 Å². The van der Waals surface area contributed by atoms with Gasteiger partial charge in [0, 0.05) is 6.54 Å². The van der Waals surface area contributed by atoms with Crippen molar-refractivity contribution in [2.45, 2.75) is 13.3 Å². The Morgan fingerprint density at radius 3 is 1.03 bits per heavy atom. The van der Waals surface area contributed by atoms with E-state index in [1.807, 2.05) is 7.05 Å². The first-order chi connectivity index (χ1) is 17.8. The second-order valence-electron chi connectivity index (χ2n) is 7.17. The highest BCUT2D eigenvalue weighted by molar-refractivity contribution is 5.69. The Morgan fingerprint density at radius 1 is 0.472 bits per heavy atom. The summed E-state index contributed by atoms with van der Waals surface area (Å²) in [4.78, 5) is 11.1. The molecule has 0 amide bonds. The SMILES string of the molecule is CCOC(=O)CCOCCOCCOCCOCCOCCOCCOCCOCCOCCNC. The third kappa shape index (κ3) is 31.1. The van der Waals surface area contributed by atoms with Crippen LogP contribution >= 0.6 is 0 Å². The molecule has 0 heterocycles. The van der Waals surface area contributed by atoms with E-state index < -0.39 is 0 Å². The molecule has 0 saturated carbocycles. The number of rotatable bonds is 31. The van der Waals surface area contributed by atoms with Crippen LogP contribution in [0.3, 0.4) is 0 Å². The minimum Gasteiger partial charge on any atom is -0.466 e. The topological polar surface area (TPSA) is 121 Å². The molecule has 0 aromatic heterocycles. The van der Waals surface area contributed by atoms with Crippen molar-refractivity contribution < 1.29 is 52.2 Å². The number of likely N-dealkylation sites (N-methyl/N-ethyl adjacent to an activating group) is 1. The zero-order chi connectivity index (χ0) is 26.2. The molecule has 12 heteroatoms. The Bertz CT molecular complexity index is 433. The average Bonchev–Trinajstić information content (AvgIpc) is 2.88. The van der Waals surface area contributed by atoms with E-state index >= 15 is 0 Å². The summed E-state index contributed by atoms with van der Waals surface area (Å²) in [6.45, 7) is 12.3. The van der Waals surface area contributed by atoms with Gasteiger partial charge < -0.3 is 52.7 Å². The number of nitrogens with one attached hydrogen (secondary N) is 1. The fraction of sp³-hybridized carbons (Fsp3) is 0.958. The number of ether oxygens (including phenoxy) is 10. The molecule has 0 aliphatic carbocycles. The van der Waals surface area contributed by atoms with Crippen LogP contribution in [-0.4, -0.2) is 145 Å². The number of carbonyl (C=O) groups excluding carboxylic acids is 1. The van der Waals surface area contributed by atoms with Gasteiger partial charge in [0.1, 0.15) is 0 Å². The molecule has 12 nitrogen and oxygen atoms in total. The van der Waals surface area contributed by atoms with Crippen LogP contribution in [-0.2, 0) is 52.2 Å². The van der Waals surface area contributed by atoms with E-state index in [0.29, 0.717) is 126 Å². The molecule has 0 rings (SSSR count). The smallest absolute Gasteiger partial charge is 0.308 e. The van der Waals surface area contributed by atoms with E-state index in [4.69, 9.17) is 47.4 Å². The van der Waals surface area contributed by atoms with Crippen molar-refractivity contribution in [1.29, 1.82) is 0 Å². The van der Waals surface area contributed by atoms with Gasteiger partial charge >= 0.3 is 5.97 Å². The minimum absolute atomic E-state index is 0.247. The first-order valence-corrected chi connectivity index (χ1v) is 12.8. The van der Waals surface area contributed by atoms with Gasteiger partial charge in [-0.3, -0.25) is 4.79 Å². The van der Waals surface area contributed by atoms with E-state index in [9.17, 15) is 4.79 Å². The molecule has 36 heavy (non-hydrogen) atoms. The molecule has 0 atom stereocenters. The molecule has 1 N–H and O–H groups in total. The number of carbonyl (C=O) groups is 1. The fourth-order valence-electron chi connectivity index (χ4n) is 2.42. The van der Waals surface area contributed by atoms with Gasteiger partial charge in [-0.15, -0.1) is 0 Å². The van der Waals surface area contributed by atoms with E-state index in [1.165, 1.54) is 0 Å². The van der Waals surface area contributed by atoms with Crippen LogP contribution in [0.2, 0.25) is 0 Å². The van der Waals surface area contributed by atoms with Crippen LogP contribution in [0.25, 0.3) is 0 Å². The third-order valence-corrected chi connectivity index (χ3v) is 4.23. The predicted octanol–water partition coefficient (Wildman–Crippen LogP) is 0.308. The highest BCUT2D eigenvalue weighted by Gasteiger charge is 2.00. The largest absolute Gasteiger partial charge is 0.466 e. The summed E-state index contributed by atoms with van der Waals surface area (Å²) >= 11 is 0. The zero-order valence-corrected chi connectivity index (χ0v) is 22.3. The van der Waals surface area contributed by atoms with Crippen molar-refractivity contribution in [2.75, 3.05) is 139 Å². The molecule has 0 spiro atoms. The van der Waals surface area contributed by atoms with Crippen LogP contribution in [0, 0.1) is 0 Å². The molecule has 0 aliphatic rings. The summed E-state index contributed by atoms with van der Waals surface area (Å²) in [5.74, 6) is -0.247. The second kappa shape index (κ2) is 32.1. The monoisotopic (exact) mass is 527 g/mol. The predicted molar refractivity (Wildman–Crippen MR) is 133 cm³/mol. The first-order valence-electron chi connectivity index (χ1n) is 12.8. The third-order valence-electron chi connectivity index (χ3n) is 4.23. The zero-order valence-electron chi connectivity index (χ0n) is 22.3. The van der Waals surface area contributed by atoms with E-state index in [1.54, 1.807) is 6.92 Å². The lowest BCUT2D eigenvalue weighted by Gasteiger charge is -2.09. The highest BCUT2D eigenvalue weighted by Crippen LogP contribution is 1.89. The van der Waals surface area contributed by atoms with Crippen molar-refractivity contribution in [3.63, 3.8) is 0 Å².